The molecule has 8 heteroatoms. The SMILES string of the molecule is COc1ccc(C(=O)OC2=C[C@H](CCOC(=O)C(C)(C)C)O[C@H](C[C@@H](C)CO[Si](C(C)C)(C(C)C)C(C)C)[C@H]2C)cc1. The molecule has 0 saturated carbocycles. The number of hydrogen-bond donors (Lipinski definition) is 0. The zero-order valence-corrected chi connectivity index (χ0v) is 29.1. The lowest BCUT2D eigenvalue weighted by Crippen LogP contribution is -2.48. The summed E-state index contributed by atoms with van der Waals surface area (Å²) in [5, 5.41) is 0. The third-order valence-electron chi connectivity index (χ3n) is 8.45. The van der Waals surface area contributed by atoms with Crippen LogP contribution in [-0.4, -0.2) is 52.8 Å². The van der Waals surface area contributed by atoms with E-state index in [0.717, 1.165) is 6.42 Å². The van der Waals surface area contributed by atoms with E-state index in [4.69, 9.17) is 23.4 Å². The number of methoxy groups -OCH3 is 1. The Morgan fingerprint density at radius 1 is 0.952 bits per heavy atom. The normalized spacial score (nSPS) is 20.5. The molecule has 0 spiro atoms. The molecule has 0 bridgehead atoms. The van der Waals surface area contributed by atoms with Crippen LogP contribution in [0.4, 0.5) is 0 Å². The van der Waals surface area contributed by atoms with Crippen LogP contribution in [0.3, 0.4) is 0 Å². The molecule has 0 radical (unpaired) electrons. The zero-order chi connectivity index (χ0) is 31.8. The van der Waals surface area contributed by atoms with Crippen molar-refractivity contribution >= 4 is 20.3 Å². The molecule has 0 aromatic heterocycles. The second-order valence-electron chi connectivity index (χ2n) is 13.8. The van der Waals surface area contributed by atoms with Gasteiger partial charge < -0.3 is 23.4 Å². The van der Waals surface area contributed by atoms with Gasteiger partial charge in [0.15, 0.2) is 8.32 Å². The van der Waals surface area contributed by atoms with E-state index in [1.54, 1.807) is 31.4 Å². The Morgan fingerprint density at radius 3 is 2.02 bits per heavy atom. The fraction of sp³-hybridized carbons (Fsp3) is 0.706. The van der Waals surface area contributed by atoms with Crippen LogP contribution < -0.4 is 4.74 Å². The van der Waals surface area contributed by atoms with Crippen molar-refractivity contribution in [3.63, 3.8) is 0 Å². The first-order valence-electron chi connectivity index (χ1n) is 15.6. The van der Waals surface area contributed by atoms with E-state index in [1.807, 2.05) is 33.8 Å². The predicted octanol–water partition coefficient (Wildman–Crippen LogP) is 8.34. The molecule has 2 rings (SSSR count). The lowest BCUT2D eigenvalue weighted by Gasteiger charge is -2.43. The molecule has 1 heterocycles. The maximum Gasteiger partial charge on any atom is 0.343 e. The van der Waals surface area contributed by atoms with Crippen molar-refractivity contribution in [1.82, 2.24) is 0 Å². The third-order valence-corrected chi connectivity index (χ3v) is 14.5. The van der Waals surface area contributed by atoms with Crippen LogP contribution >= 0.6 is 0 Å². The van der Waals surface area contributed by atoms with Gasteiger partial charge in [0.25, 0.3) is 0 Å². The zero-order valence-electron chi connectivity index (χ0n) is 28.1. The molecule has 0 unspecified atom stereocenters. The van der Waals surface area contributed by atoms with Crippen molar-refractivity contribution in [2.75, 3.05) is 20.3 Å². The third kappa shape index (κ3) is 9.42. The van der Waals surface area contributed by atoms with Gasteiger partial charge in [-0.2, -0.15) is 0 Å². The highest BCUT2D eigenvalue weighted by Gasteiger charge is 2.45. The minimum absolute atomic E-state index is 0.134. The maximum atomic E-state index is 13.1. The molecule has 0 N–H and O–H groups in total. The largest absolute Gasteiger partial charge is 0.497 e. The number of hydrogen-bond acceptors (Lipinski definition) is 7. The highest BCUT2D eigenvalue weighted by molar-refractivity contribution is 6.77. The van der Waals surface area contributed by atoms with Crippen molar-refractivity contribution in [3.8, 4) is 5.75 Å². The summed E-state index contributed by atoms with van der Waals surface area (Å²) in [7, 11) is -0.402. The Morgan fingerprint density at radius 2 is 1.52 bits per heavy atom. The van der Waals surface area contributed by atoms with Crippen LogP contribution in [0.1, 0.15) is 99.4 Å². The lowest BCUT2D eigenvalue weighted by atomic mass is 9.90. The highest BCUT2D eigenvalue weighted by atomic mass is 28.4. The molecule has 0 saturated heterocycles. The predicted molar refractivity (Wildman–Crippen MR) is 170 cm³/mol. The molecule has 1 aliphatic heterocycles. The van der Waals surface area contributed by atoms with E-state index < -0.39 is 19.7 Å². The van der Waals surface area contributed by atoms with Crippen molar-refractivity contribution in [3.05, 3.63) is 41.7 Å². The summed E-state index contributed by atoms with van der Waals surface area (Å²) < 4.78 is 30.1. The fourth-order valence-corrected chi connectivity index (χ4v) is 11.6. The van der Waals surface area contributed by atoms with Crippen LogP contribution in [-0.2, 0) is 23.4 Å². The second kappa shape index (κ2) is 15.5. The van der Waals surface area contributed by atoms with E-state index in [9.17, 15) is 9.59 Å². The average molecular weight is 605 g/mol. The number of rotatable bonds is 14. The van der Waals surface area contributed by atoms with Gasteiger partial charge in [-0.05, 0) is 80.1 Å². The Hall–Kier alpha value is -2.16. The maximum absolute atomic E-state index is 13.1. The number of benzene rings is 1. The van der Waals surface area contributed by atoms with Crippen LogP contribution in [0, 0.1) is 17.3 Å². The van der Waals surface area contributed by atoms with Crippen LogP contribution in [0.5, 0.6) is 5.75 Å². The summed E-state index contributed by atoms with van der Waals surface area (Å²) in [4.78, 5) is 25.4. The molecule has 42 heavy (non-hydrogen) atoms. The first-order chi connectivity index (χ1) is 19.5. The summed E-state index contributed by atoms with van der Waals surface area (Å²) >= 11 is 0. The molecule has 4 atom stereocenters. The van der Waals surface area contributed by atoms with Gasteiger partial charge in [-0.15, -0.1) is 0 Å². The van der Waals surface area contributed by atoms with E-state index in [2.05, 4.69) is 48.5 Å². The molecule has 0 fully saturated rings. The van der Waals surface area contributed by atoms with E-state index in [1.165, 1.54) is 0 Å². The molecule has 0 aliphatic carbocycles. The number of ether oxygens (including phenoxy) is 4. The fourth-order valence-electron chi connectivity index (χ4n) is 6.07. The summed E-state index contributed by atoms with van der Waals surface area (Å²) in [5.74, 6) is 0.694. The Kier molecular flexibility index (Phi) is 13.3. The number of carbonyl (C=O) groups is 2. The summed E-state index contributed by atoms with van der Waals surface area (Å²) in [6.45, 7) is 24.4. The summed E-state index contributed by atoms with van der Waals surface area (Å²) in [6, 6.07) is 6.87. The van der Waals surface area contributed by atoms with Crippen molar-refractivity contribution in [2.24, 2.45) is 17.3 Å². The van der Waals surface area contributed by atoms with Gasteiger partial charge >= 0.3 is 11.9 Å². The van der Waals surface area contributed by atoms with Crippen LogP contribution in [0.15, 0.2) is 36.1 Å². The van der Waals surface area contributed by atoms with Gasteiger partial charge in [0.2, 0.25) is 0 Å². The summed E-state index contributed by atoms with van der Waals surface area (Å²) in [5.41, 5.74) is 1.42. The second-order valence-corrected chi connectivity index (χ2v) is 19.3. The summed E-state index contributed by atoms with van der Waals surface area (Å²) in [6.07, 6.45) is 2.58. The van der Waals surface area contributed by atoms with Gasteiger partial charge in [0, 0.05) is 18.9 Å². The smallest absolute Gasteiger partial charge is 0.343 e. The highest BCUT2D eigenvalue weighted by Crippen LogP contribution is 2.43. The molecule has 1 aromatic rings. The van der Waals surface area contributed by atoms with Gasteiger partial charge in [-0.3, -0.25) is 4.79 Å². The van der Waals surface area contributed by atoms with Crippen LogP contribution in [0.25, 0.3) is 0 Å². The Labute approximate surface area is 255 Å². The van der Waals surface area contributed by atoms with Gasteiger partial charge in [0.1, 0.15) is 11.5 Å². The number of carbonyl (C=O) groups excluding carboxylic acids is 2. The van der Waals surface area contributed by atoms with E-state index >= 15 is 0 Å². The minimum Gasteiger partial charge on any atom is -0.497 e. The molecule has 7 nitrogen and oxygen atoms in total. The molecular formula is C34H56O7Si. The minimum atomic E-state index is -1.99. The van der Waals surface area contributed by atoms with E-state index in [0.29, 0.717) is 46.7 Å². The first kappa shape index (κ1) is 36.0. The van der Waals surface area contributed by atoms with Gasteiger partial charge in [0.05, 0.1) is 36.9 Å². The molecule has 238 valence electrons. The average Bonchev–Trinajstić information content (AvgIpc) is 2.90. The van der Waals surface area contributed by atoms with Crippen LogP contribution in [0.2, 0.25) is 16.6 Å². The molecule has 1 aliphatic rings. The topological polar surface area (TPSA) is 80.3 Å². The van der Waals surface area contributed by atoms with Gasteiger partial charge in [-0.1, -0.05) is 55.4 Å². The Balaban J connectivity index is 2.20. The van der Waals surface area contributed by atoms with Gasteiger partial charge in [-0.25, -0.2) is 4.79 Å². The Bertz CT molecular complexity index is 1020. The molecule has 1 aromatic carbocycles. The monoisotopic (exact) mass is 604 g/mol. The number of esters is 2. The van der Waals surface area contributed by atoms with E-state index in [-0.39, 0.29) is 36.6 Å². The first-order valence-corrected chi connectivity index (χ1v) is 17.7. The lowest BCUT2D eigenvalue weighted by molar-refractivity contribution is -0.154. The quantitative estimate of drug-likeness (QED) is 0.156. The van der Waals surface area contributed by atoms with Crippen molar-refractivity contribution in [2.45, 2.75) is 118 Å². The van der Waals surface area contributed by atoms with Crippen molar-refractivity contribution in [1.29, 1.82) is 0 Å². The standard InChI is InChI=1S/C34H56O7Si/c1-22(2)42(23(3)4,24(5)6)39-21-25(7)19-30-26(8)31(41-32(35)27-13-15-28(37-12)16-14-27)20-29(40-30)17-18-38-33(36)34(9,10)11/h13-16,20,22-26,29-30H,17-19,21H2,1-12H3/t25-,26-,29+,30-/m1/s1. The molecular weight excluding hydrogens is 548 g/mol. The molecule has 0 amide bonds. The van der Waals surface area contributed by atoms with Crippen molar-refractivity contribution < 1.29 is 33.0 Å².